The maximum Gasteiger partial charge on any atom is 2.00 e. The van der Waals surface area contributed by atoms with Crippen LogP contribution in [-0.4, -0.2) is 17.3 Å². The van der Waals surface area contributed by atoms with E-state index in [2.05, 4.69) is 0 Å². The van der Waals surface area contributed by atoms with Crippen LogP contribution in [0.25, 0.3) is 0 Å². The molecule has 0 N–H and O–H groups in total. The summed E-state index contributed by atoms with van der Waals surface area (Å²) in [6.45, 7) is 1.94. The Balaban J connectivity index is -0.0000000389. The second-order valence-electron chi connectivity index (χ2n) is 1.08. The van der Waals surface area contributed by atoms with Crippen molar-refractivity contribution in [2.24, 2.45) is 0 Å². The Bertz CT molecular complexity index is 89.6. The van der Waals surface area contributed by atoms with Crippen LogP contribution < -0.4 is 10.2 Å². The Morgan fingerprint density at radius 3 is 1.08 bits per heavy atom. The number of aliphatic carboxylic acids is 2. The van der Waals surface area contributed by atoms with Gasteiger partial charge in [-0.25, -0.2) is 0 Å². The van der Waals surface area contributed by atoms with E-state index < -0.39 is 11.9 Å². The van der Waals surface area contributed by atoms with Gasteiger partial charge in [0.2, 0.25) is 0 Å². The van der Waals surface area contributed by atoms with E-state index in [1.165, 1.54) is 0 Å². The molecular weight excluding hydrogens is 301 g/mol. The zero-order chi connectivity index (χ0) is 9.86. The van der Waals surface area contributed by atoms with Gasteiger partial charge < -0.3 is 19.8 Å². The number of hydrogen-bond acceptors (Lipinski definition) is 4. The molecular formula is C5H8Cl2O4Pd. The summed E-state index contributed by atoms with van der Waals surface area (Å²) in [7, 11) is 0. The average Bonchev–Trinajstić information content (AvgIpc) is 1.60. The fraction of sp³-hybridized carbons (Fsp3) is 0.600. The van der Waals surface area contributed by atoms with Crippen LogP contribution in [0.3, 0.4) is 0 Å². The van der Waals surface area contributed by atoms with Crippen molar-refractivity contribution >= 4 is 35.1 Å². The van der Waals surface area contributed by atoms with Gasteiger partial charge in [-0.2, -0.15) is 0 Å². The summed E-state index contributed by atoms with van der Waals surface area (Å²) in [5.74, 6) is -2.17. The number of carbonyl (C=O) groups is 2. The molecule has 0 amide bonds. The topological polar surface area (TPSA) is 80.3 Å². The fourth-order valence-corrected chi connectivity index (χ4v) is 0. The first kappa shape index (κ1) is 22.8. The second kappa shape index (κ2) is 22.5. The molecule has 0 unspecified atom stereocenters. The molecule has 7 heteroatoms. The minimum atomic E-state index is -1.08. The SMILES string of the molecule is CC(=O)[O-].CC(=O)[O-].ClCCl.[Pd+2]. The zero-order valence-corrected chi connectivity index (χ0v) is 9.48. The molecule has 0 saturated carbocycles. The third-order valence-corrected chi connectivity index (χ3v) is 0. The van der Waals surface area contributed by atoms with Crippen LogP contribution in [0.2, 0.25) is 0 Å². The predicted octanol–water partition coefficient (Wildman–Crippen LogP) is -1.07. The Hall–Kier alpha value is 0.182. The second-order valence-corrected chi connectivity index (χ2v) is 1.89. The number of carboxylic acid groups (broad SMARTS) is 2. The predicted molar refractivity (Wildman–Crippen MR) is 37.9 cm³/mol. The number of hydrogen-bond donors (Lipinski definition) is 0. The van der Waals surface area contributed by atoms with Crippen molar-refractivity contribution in [3.05, 3.63) is 0 Å². The van der Waals surface area contributed by atoms with Crippen molar-refractivity contribution in [2.75, 3.05) is 5.34 Å². The van der Waals surface area contributed by atoms with Crippen LogP contribution >= 0.6 is 23.2 Å². The van der Waals surface area contributed by atoms with E-state index in [9.17, 15) is 0 Å². The maximum atomic E-state index is 8.89. The van der Waals surface area contributed by atoms with Crippen LogP contribution in [0.4, 0.5) is 0 Å². The Morgan fingerprint density at radius 2 is 1.08 bits per heavy atom. The van der Waals surface area contributed by atoms with E-state index in [0.717, 1.165) is 13.8 Å². The van der Waals surface area contributed by atoms with Gasteiger partial charge in [0, 0.05) is 11.9 Å². The van der Waals surface area contributed by atoms with Crippen molar-refractivity contribution < 1.29 is 40.2 Å². The smallest absolute Gasteiger partial charge is 0.550 e. The standard InChI is InChI=1S/2C2H4O2.CH2Cl2.Pd/c2*1-2(3)4;2-1-3;/h2*1H3,(H,3,4);1H2;/q;;;+2/p-2. The van der Waals surface area contributed by atoms with Crippen molar-refractivity contribution in [2.45, 2.75) is 13.8 Å². The number of rotatable bonds is 0. The van der Waals surface area contributed by atoms with Gasteiger partial charge in [0.1, 0.15) is 0 Å². The van der Waals surface area contributed by atoms with Crippen molar-refractivity contribution in [3.8, 4) is 0 Å². The molecule has 0 rings (SSSR count). The third-order valence-electron chi connectivity index (χ3n) is 0. The molecule has 0 aromatic heterocycles. The Morgan fingerprint density at radius 1 is 1.08 bits per heavy atom. The summed E-state index contributed by atoms with van der Waals surface area (Å²) in [4.78, 5) is 17.8. The Labute approximate surface area is 94.5 Å². The van der Waals surface area contributed by atoms with Crippen LogP contribution in [0, 0.1) is 0 Å². The number of carbonyl (C=O) groups excluding carboxylic acids is 2. The van der Waals surface area contributed by atoms with Gasteiger partial charge in [-0.15, -0.1) is 23.2 Å². The van der Waals surface area contributed by atoms with Gasteiger partial charge >= 0.3 is 20.4 Å². The molecule has 0 aromatic carbocycles. The van der Waals surface area contributed by atoms with E-state index in [0.29, 0.717) is 0 Å². The normalized spacial score (nSPS) is 5.67. The molecule has 0 aliphatic heterocycles. The molecule has 0 aliphatic carbocycles. The summed E-state index contributed by atoms with van der Waals surface area (Å²) >= 11 is 9.53. The fourth-order valence-electron chi connectivity index (χ4n) is 0. The molecule has 76 valence electrons. The molecule has 0 aromatic rings. The average molecular weight is 309 g/mol. The molecule has 0 spiro atoms. The number of carboxylic acids is 2. The van der Waals surface area contributed by atoms with E-state index in [1.807, 2.05) is 0 Å². The van der Waals surface area contributed by atoms with E-state index in [-0.39, 0.29) is 25.8 Å². The number of halogens is 2. The van der Waals surface area contributed by atoms with Crippen LogP contribution in [0.5, 0.6) is 0 Å². The molecule has 4 nitrogen and oxygen atoms in total. The van der Waals surface area contributed by atoms with Crippen molar-refractivity contribution in [1.82, 2.24) is 0 Å². The molecule has 0 atom stereocenters. The molecule has 0 aliphatic rings. The summed E-state index contributed by atoms with van der Waals surface area (Å²) in [5, 5.41) is 18.0. The summed E-state index contributed by atoms with van der Waals surface area (Å²) in [6.07, 6.45) is 0. The maximum absolute atomic E-state index is 8.89. The third kappa shape index (κ3) is 25800. The van der Waals surface area contributed by atoms with Gasteiger partial charge in [-0.1, -0.05) is 0 Å². The first-order chi connectivity index (χ1) is 4.88. The van der Waals surface area contributed by atoms with Gasteiger partial charge in [0.15, 0.2) is 0 Å². The first-order valence-electron chi connectivity index (χ1n) is 2.35. The minimum Gasteiger partial charge on any atom is -0.550 e. The van der Waals surface area contributed by atoms with E-state index >= 15 is 0 Å². The van der Waals surface area contributed by atoms with Crippen LogP contribution in [0.15, 0.2) is 0 Å². The first-order valence-corrected chi connectivity index (χ1v) is 3.42. The van der Waals surface area contributed by atoms with Crippen molar-refractivity contribution in [1.29, 1.82) is 0 Å². The largest absolute Gasteiger partial charge is 2.00 e. The van der Waals surface area contributed by atoms with Gasteiger partial charge in [-0.3, -0.25) is 0 Å². The van der Waals surface area contributed by atoms with E-state index in [4.69, 9.17) is 43.0 Å². The zero-order valence-electron chi connectivity index (χ0n) is 6.41. The van der Waals surface area contributed by atoms with Gasteiger partial charge in [0.05, 0.1) is 5.34 Å². The van der Waals surface area contributed by atoms with Crippen LogP contribution in [-0.2, 0) is 30.0 Å². The van der Waals surface area contributed by atoms with Gasteiger partial charge in [0.25, 0.3) is 0 Å². The summed E-state index contributed by atoms with van der Waals surface area (Å²) < 4.78 is 0. The molecule has 12 heavy (non-hydrogen) atoms. The molecule has 0 fully saturated rings. The van der Waals surface area contributed by atoms with Gasteiger partial charge in [-0.05, 0) is 13.8 Å². The Kier molecular flexibility index (Phi) is 42.6. The number of alkyl halides is 2. The quantitative estimate of drug-likeness (QED) is 0.422. The molecule has 0 radical (unpaired) electrons. The summed E-state index contributed by atoms with van der Waals surface area (Å²) in [6, 6.07) is 0. The molecule has 0 saturated heterocycles. The van der Waals surface area contributed by atoms with Crippen LogP contribution in [0.1, 0.15) is 13.8 Å². The minimum absolute atomic E-state index is 0. The molecule has 0 bridgehead atoms. The van der Waals surface area contributed by atoms with E-state index in [1.54, 1.807) is 0 Å². The summed E-state index contributed by atoms with van der Waals surface area (Å²) in [5.41, 5.74) is 0. The molecule has 0 heterocycles. The van der Waals surface area contributed by atoms with Crippen molar-refractivity contribution in [3.63, 3.8) is 0 Å². The monoisotopic (exact) mass is 308 g/mol.